The first kappa shape index (κ1) is 15.3. The van der Waals surface area contributed by atoms with E-state index in [1.807, 2.05) is 33.0 Å². The molecule has 2 aromatic rings. The van der Waals surface area contributed by atoms with Crippen LogP contribution in [0.15, 0.2) is 37.5 Å². The van der Waals surface area contributed by atoms with Gasteiger partial charge in [-0.2, -0.15) is 0 Å². The second-order valence-electron chi connectivity index (χ2n) is 4.66. The van der Waals surface area contributed by atoms with E-state index < -0.39 is 0 Å². The second-order valence-corrected chi connectivity index (χ2v) is 6.56. The maximum atomic E-state index is 11.7. The van der Waals surface area contributed by atoms with Gasteiger partial charge in [0.15, 0.2) is 5.16 Å². The Labute approximate surface area is 130 Å². The summed E-state index contributed by atoms with van der Waals surface area (Å²) in [6.07, 6.45) is 0. The average Bonchev–Trinajstić information content (AvgIpc) is 2.74. The smallest absolute Gasteiger partial charge is 0.316 e. The van der Waals surface area contributed by atoms with Gasteiger partial charge in [0.05, 0.1) is 0 Å². The first-order valence-corrected chi connectivity index (χ1v) is 7.91. The molecule has 0 fully saturated rings. The Morgan fingerprint density at radius 2 is 2.25 bits per heavy atom. The SMILES string of the molecule is CNCc1ccc(Sc2n[nH]c(=O)n2C(C)C)cc1Br. The summed E-state index contributed by atoms with van der Waals surface area (Å²) in [5, 5.41) is 10.4. The Kier molecular flexibility index (Phi) is 5.06. The fourth-order valence-corrected chi connectivity index (χ4v) is 3.53. The molecule has 0 unspecified atom stereocenters. The van der Waals surface area contributed by atoms with Gasteiger partial charge in [0, 0.05) is 22.0 Å². The van der Waals surface area contributed by atoms with Crippen molar-refractivity contribution >= 4 is 27.7 Å². The molecule has 5 nitrogen and oxygen atoms in total. The number of rotatable bonds is 5. The van der Waals surface area contributed by atoms with Crippen LogP contribution >= 0.6 is 27.7 Å². The standard InChI is InChI=1S/C13H17BrN4OS/c1-8(2)18-12(19)16-17-13(18)20-10-5-4-9(7-15-3)11(14)6-10/h4-6,8,15H,7H2,1-3H3,(H,16,19). The van der Waals surface area contributed by atoms with E-state index in [-0.39, 0.29) is 11.7 Å². The minimum Gasteiger partial charge on any atom is -0.316 e. The number of aromatic amines is 1. The van der Waals surface area contributed by atoms with Gasteiger partial charge in [-0.05, 0) is 50.4 Å². The van der Waals surface area contributed by atoms with Gasteiger partial charge in [-0.25, -0.2) is 9.89 Å². The first-order chi connectivity index (χ1) is 9.52. The van der Waals surface area contributed by atoms with Gasteiger partial charge in [0.2, 0.25) is 0 Å². The van der Waals surface area contributed by atoms with Crippen molar-refractivity contribution in [3.8, 4) is 0 Å². The zero-order valence-corrected chi connectivity index (χ0v) is 14.0. The van der Waals surface area contributed by atoms with E-state index in [0.29, 0.717) is 5.16 Å². The Hall–Kier alpha value is -1.05. The average molecular weight is 357 g/mol. The van der Waals surface area contributed by atoms with Crippen LogP contribution in [0.25, 0.3) is 0 Å². The van der Waals surface area contributed by atoms with Crippen molar-refractivity contribution in [2.45, 2.75) is 36.5 Å². The molecule has 108 valence electrons. The van der Waals surface area contributed by atoms with Crippen LogP contribution in [0.2, 0.25) is 0 Å². The minimum absolute atomic E-state index is 0.0794. The third-order valence-electron chi connectivity index (χ3n) is 2.79. The van der Waals surface area contributed by atoms with Crippen LogP contribution in [0.4, 0.5) is 0 Å². The van der Waals surface area contributed by atoms with Crippen LogP contribution in [0.3, 0.4) is 0 Å². The van der Waals surface area contributed by atoms with Crippen molar-refractivity contribution in [2.75, 3.05) is 7.05 Å². The molecule has 0 aliphatic carbocycles. The lowest BCUT2D eigenvalue weighted by Gasteiger charge is -2.09. The van der Waals surface area contributed by atoms with Crippen LogP contribution in [-0.4, -0.2) is 21.8 Å². The summed E-state index contributed by atoms with van der Waals surface area (Å²) in [6, 6.07) is 6.22. The number of halogens is 1. The zero-order valence-electron chi connectivity index (χ0n) is 11.6. The fourth-order valence-electron chi connectivity index (χ4n) is 1.85. The van der Waals surface area contributed by atoms with E-state index in [0.717, 1.165) is 15.9 Å². The van der Waals surface area contributed by atoms with E-state index in [1.165, 1.54) is 17.3 Å². The number of H-pyrrole nitrogens is 1. The first-order valence-electron chi connectivity index (χ1n) is 6.30. The van der Waals surface area contributed by atoms with Crippen molar-refractivity contribution in [1.82, 2.24) is 20.1 Å². The monoisotopic (exact) mass is 356 g/mol. The lowest BCUT2D eigenvalue weighted by atomic mass is 10.2. The highest BCUT2D eigenvalue weighted by Gasteiger charge is 2.13. The Balaban J connectivity index is 2.27. The van der Waals surface area contributed by atoms with E-state index in [2.05, 4.69) is 37.5 Å². The maximum absolute atomic E-state index is 11.7. The van der Waals surface area contributed by atoms with E-state index >= 15 is 0 Å². The number of aromatic nitrogens is 3. The molecule has 1 aromatic heterocycles. The van der Waals surface area contributed by atoms with E-state index in [4.69, 9.17) is 0 Å². The maximum Gasteiger partial charge on any atom is 0.344 e. The molecule has 0 aliphatic heterocycles. The van der Waals surface area contributed by atoms with Crippen molar-refractivity contribution < 1.29 is 0 Å². The van der Waals surface area contributed by atoms with Gasteiger partial charge in [0.25, 0.3) is 0 Å². The summed E-state index contributed by atoms with van der Waals surface area (Å²) in [7, 11) is 1.92. The molecule has 0 saturated carbocycles. The van der Waals surface area contributed by atoms with Crippen molar-refractivity contribution in [3.05, 3.63) is 38.7 Å². The quantitative estimate of drug-likeness (QED) is 0.864. The third kappa shape index (κ3) is 3.34. The minimum atomic E-state index is -0.173. The van der Waals surface area contributed by atoms with Crippen molar-refractivity contribution in [1.29, 1.82) is 0 Å². The van der Waals surface area contributed by atoms with E-state index in [9.17, 15) is 4.79 Å². The lowest BCUT2D eigenvalue weighted by molar-refractivity contribution is 0.534. The van der Waals surface area contributed by atoms with Crippen LogP contribution in [0.1, 0.15) is 25.5 Å². The number of hydrogen-bond acceptors (Lipinski definition) is 4. The molecule has 2 N–H and O–H groups in total. The molecule has 2 rings (SSSR count). The van der Waals surface area contributed by atoms with Gasteiger partial charge >= 0.3 is 5.69 Å². The second kappa shape index (κ2) is 6.60. The van der Waals surface area contributed by atoms with Crippen LogP contribution in [0.5, 0.6) is 0 Å². The molecular formula is C13H17BrN4OS. The number of benzene rings is 1. The molecule has 20 heavy (non-hydrogen) atoms. The Bertz CT molecular complexity index is 650. The van der Waals surface area contributed by atoms with Gasteiger partial charge in [-0.15, -0.1) is 5.10 Å². The van der Waals surface area contributed by atoms with Gasteiger partial charge in [0.1, 0.15) is 0 Å². The normalized spacial score (nSPS) is 11.2. The molecule has 0 atom stereocenters. The molecule has 0 spiro atoms. The highest BCUT2D eigenvalue weighted by atomic mass is 79.9. The van der Waals surface area contributed by atoms with Crippen molar-refractivity contribution in [2.24, 2.45) is 0 Å². The van der Waals surface area contributed by atoms with Gasteiger partial charge in [-0.1, -0.05) is 22.0 Å². The fraction of sp³-hybridized carbons (Fsp3) is 0.385. The van der Waals surface area contributed by atoms with Crippen molar-refractivity contribution in [3.63, 3.8) is 0 Å². The van der Waals surface area contributed by atoms with Gasteiger partial charge in [-0.3, -0.25) is 4.57 Å². The summed E-state index contributed by atoms with van der Waals surface area (Å²) in [6.45, 7) is 4.74. The molecule has 0 radical (unpaired) electrons. The predicted octanol–water partition coefficient (Wildman–Crippen LogP) is 2.79. The number of nitrogens with zero attached hydrogens (tertiary/aromatic N) is 2. The highest BCUT2D eigenvalue weighted by Crippen LogP contribution is 2.30. The number of nitrogens with one attached hydrogen (secondary N) is 2. The Morgan fingerprint density at radius 3 is 2.85 bits per heavy atom. The number of hydrogen-bond donors (Lipinski definition) is 2. The predicted molar refractivity (Wildman–Crippen MR) is 84.3 cm³/mol. The highest BCUT2D eigenvalue weighted by molar-refractivity contribution is 9.10. The summed E-state index contributed by atoms with van der Waals surface area (Å²) < 4.78 is 2.70. The topological polar surface area (TPSA) is 62.7 Å². The molecule has 1 heterocycles. The van der Waals surface area contributed by atoms with Gasteiger partial charge < -0.3 is 5.32 Å². The molecular weight excluding hydrogens is 340 g/mol. The molecule has 0 aliphatic rings. The summed E-state index contributed by atoms with van der Waals surface area (Å²) >= 11 is 5.04. The van der Waals surface area contributed by atoms with Crippen LogP contribution in [-0.2, 0) is 6.54 Å². The molecule has 0 amide bonds. The largest absolute Gasteiger partial charge is 0.344 e. The summed E-state index contributed by atoms with van der Waals surface area (Å²) in [4.78, 5) is 12.7. The molecule has 0 bridgehead atoms. The molecule has 7 heteroatoms. The van der Waals surface area contributed by atoms with E-state index in [1.54, 1.807) is 4.57 Å². The molecule has 1 aromatic carbocycles. The molecule has 0 saturated heterocycles. The zero-order chi connectivity index (χ0) is 14.7. The van der Waals surface area contributed by atoms with Crippen LogP contribution < -0.4 is 11.0 Å². The lowest BCUT2D eigenvalue weighted by Crippen LogP contribution is -2.19. The summed E-state index contributed by atoms with van der Waals surface area (Å²) in [5.74, 6) is 0. The third-order valence-corrected chi connectivity index (χ3v) is 4.49. The van der Waals surface area contributed by atoms with Crippen LogP contribution in [0, 0.1) is 0 Å². The summed E-state index contributed by atoms with van der Waals surface area (Å²) in [5.41, 5.74) is 1.02. The Morgan fingerprint density at radius 1 is 1.50 bits per heavy atom.